The number of hydrogen-bond donors (Lipinski definition) is 2. The summed E-state index contributed by atoms with van der Waals surface area (Å²) in [6.45, 7) is 18.7. The van der Waals surface area contributed by atoms with Crippen molar-refractivity contribution >= 4 is 29.4 Å². The smallest absolute Gasteiger partial charge is 0.410 e. The number of ketones is 1. The molecule has 6 aliphatic rings. The molecule has 2 aliphatic carbocycles. The molecule has 0 spiro atoms. The number of aliphatic hydroxyl groups excluding tert-OH is 2. The number of carbonyl (C=O) groups excluding carboxylic acids is 3. The standard InChI is InChI=1S/C53H83ClN2O13/c1-13-40-53(10)45(55(50(61)69-53)25-24-35-20-22-36(54)23-21-35)31(4)42(57)29(2)27-52(9,63-12)47(68-49-43(58)39(26-30(3)64-49)56(37-16-14-17-37)38-18-15-19-38)32(5)44(33(6)48(60)66-40)67-41-28-51(8,62-11)46(59)34(7)65-41/h20-23,29-34,37-41,43-47,49,58-59H,13-19,24-28H2,1-12H3/t29-,30-,31+,32+,33-,34+,39+,40-,41+,43-,44+,45-,46+,47-,49+,51-,52-,53-/m1/s1. The molecule has 6 fully saturated rings. The van der Waals surface area contributed by atoms with E-state index in [4.69, 9.17) is 49.5 Å². The highest BCUT2D eigenvalue weighted by atomic mass is 35.5. The maximum Gasteiger partial charge on any atom is 0.410 e. The van der Waals surface area contributed by atoms with Gasteiger partial charge < -0.3 is 48.1 Å². The van der Waals surface area contributed by atoms with Gasteiger partial charge in [0, 0.05) is 68.1 Å². The van der Waals surface area contributed by atoms with Gasteiger partial charge in [0.2, 0.25) is 0 Å². The topological polar surface area (TPSA) is 172 Å². The van der Waals surface area contributed by atoms with E-state index in [2.05, 4.69) is 4.90 Å². The van der Waals surface area contributed by atoms with Crippen LogP contribution in [0.4, 0.5) is 4.79 Å². The van der Waals surface area contributed by atoms with Crippen LogP contribution >= 0.6 is 11.6 Å². The Morgan fingerprint density at radius 1 is 0.841 bits per heavy atom. The Labute approximate surface area is 415 Å². The van der Waals surface area contributed by atoms with E-state index in [1.807, 2.05) is 53.7 Å². The van der Waals surface area contributed by atoms with Crippen LogP contribution in [0.1, 0.15) is 139 Å². The highest BCUT2D eigenvalue weighted by molar-refractivity contribution is 6.30. The van der Waals surface area contributed by atoms with Crippen LogP contribution in [0.15, 0.2) is 24.3 Å². The molecule has 16 heteroatoms. The number of rotatable bonds is 13. The van der Waals surface area contributed by atoms with E-state index in [9.17, 15) is 15.0 Å². The minimum absolute atomic E-state index is 0.128. The van der Waals surface area contributed by atoms with Gasteiger partial charge in [0.1, 0.15) is 24.1 Å². The first-order chi connectivity index (χ1) is 32.6. The van der Waals surface area contributed by atoms with Crippen molar-refractivity contribution in [2.75, 3.05) is 20.8 Å². The quantitative estimate of drug-likeness (QED) is 0.185. The van der Waals surface area contributed by atoms with Crippen molar-refractivity contribution in [1.82, 2.24) is 9.80 Å². The number of benzene rings is 1. The Morgan fingerprint density at radius 3 is 2.03 bits per heavy atom. The zero-order chi connectivity index (χ0) is 50.3. The summed E-state index contributed by atoms with van der Waals surface area (Å²) in [5.41, 5.74) is -2.77. The second-order valence-corrected chi connectivity index (χ2v) is 22.6. The highest BCUT2D eigenvalue weighted by Gasteiger charge is 2.61. The number of methoxy groups -OCH3 is 2. The number of nitrogens with zero attached hydrogens (tertiary/aromatic N) is 2. The van der Waals surface area contributed by atoms with E-state index in [0.29, 0.717) is 29.9 Å². The van der Waals surface area contributed by atoms with Crippen LogP contribution in [0.3, 0.4) is 0 Å². The van der Waals surface area contributed by atoms with Crippen LogP contribution in [0.5, 0.6) is 0 Å². The fourth-order valence-electron chi connectivity index (χ4n) is 12.8. The van der Waals surface area contributed by atoms with Gasteiger partial charge in [-0.05, 0) is 111 Å². The lowest BCUT2D eigenvalue weighted by Gasteiger charge is -2.54. The third kappa shape index (κ3) is 10.9. The molecule has 4 saturated heterocycles. The molecule has 2 N–H and O–H groups in total. The number of Topliss-reactive ketones (excluding diaryl/α,β-unsaturated/α-hetero) is 1. The molecular weight excluding hydrogens is 908 g/mol. The van der Waals surface area contributed by atoms with Gasteiger partial charge in [0.05, 0.1) is 47.6 Å². The molecule has 7 rings (SSSR count). The predicted molar refractivity (Wildman–Crippen MR) is 258 cm³/mol. The van der Waals surface area contributed by atoms with Gasteiger partial charge in [-0.3, -0.25) is 19.4 Å². The van der Waals surface area contributed by atoms with Gasteiger partial charge in [-0.2, -0.15) is 0 Å². The van der Waals surface area contributed by atoms with Gasteiger partial charge in [-0.15, -0.1) is 0 Å². The number of esters is 1. The minimum Gasteiger partial charge on any atom is -0.458 e. The number of ether oxygens (including phenoxy) is 8. The van der Waals surface area contributed by atoms with Crippen molar-refractivity contribution in [2.45, 2.75) is 236 Å². The molecule has 4 heterocycles. The molecule has 15 nitrogen and oxygen atoms in total. The Bertz CT molecular complexity index is 1910. The Kier molecular flexibility index (Phi) is 17.3. The molecule has 390 valence electrons. The maximum absolute atomic E-state index is 15.2. The van der Waals surface area contributed by atoms with Gasteiger partial charge in [-0.1, -0.05) is 64.3 Å². The van der Waals surface area contributed by atoms with Crippen LogP contribution in [-0.4, -0.2) is 155 Å². The highest BCUT2D eigenvalue weighted by Crippen LogP contribution is 2.46. The van der Waals surface area contributed by atoms with Crippen LogP contribution in [-0.2, 0) is 53.9 Å². The predicted octanol–water partition coefficient (Wildman–Crippen LogP) is 7.65. The molecule has 18 atom stereocenters. The summed E-state index contributed by atoms with van der Waals surface area (Å²) in [5.74, 6) is -3.86. The van der Waals surface area contributed by atoms with Crippen LogP contribution < -0.4 is 0 Å². The second kappa shape index (κ2) is 22.0. The molecular formula is C53H83ClN2O13. The molecule has 0 radical (unpaired) electrons. The number of carbonyl (C=O) groups is 3. The molecule has 1 amide bonds. The molecule has 2 saturated carbocycles. The van der Waals surface area contributed by atoms with Gasteiger partial charge in [0.25, 0.3) is 0 Å². The number of hydrogen-bond acceptors (Lipinski definition) is 14. The van der Waals surface area contributed by atoms with E-state index in [1.165, 1.54) is 20.0 Å². The Balaban J connectivity index is 1.29. The fraction of sp³-hybridized carbons (Fsp3) is 0.830. The number of cyclic esters (lactones) is 1. The zero-order valence-corrected chi connectivity index (χ0v) is 44.0. The molecule has 4 aliphatic heterocycles. The Hall–Kier alpha value is -2.44. The largest absolute Gasteiger partial charge is 0.458 e. The van der Waals surface area contributed by atoms with Crippen LogP contribution in [0.25, 0.3) is 0 Å². The number of fused-ring (bicyclic) bond motifs is 1. The summed E-state index contributed by atoms with van der Waals surface area (Å²) >= 11 is 6.20. The first-order valence-electron chi connectivity index (χ1n) is 25.9. The lowest BCUT2D eigenvalue weighted by molar-refractivity contribution is -0.321. The number of aliphatic hydroxyl groups is 2. The van der Waals surface area contributed by atoms with Crippen molar-refractivity contribution < 1.29 is 62.5 Å². The molecule has 1 aromatic rings. The van der Waals surface area contributed by atoms with E-state index >= 15 is 9.59 Å². The number of halogens is 1. The normalized spacial score (nSPS) is 43.1. The molecule has 0 unspecified atom stereocenters. The van der Waals surface area contributed by atoms with Crippen molar-refractivity contribution in [3.05, 3.63) is 34.9 Å². The number of amides is 1. The molecule has 69 heavy (non-hydrogen) atoms. The average molecular weight is 992 g/mol. The van der Waals surface area contributed by atoms with Crippen molar-refractivity contribution in [3.63, 3.8) is 0 Å². The first kappa shape index (κ1) is 54.3. The van der Waals surface area contributed by atoms with Gasteiger partial charge in [-0.25, -0.2) is 4.79 Å². The fourth-order valence-corrected chi connectivity index (χ4v) is 12.9. The lowest BCUT2D eigenvalue weighted by atomic mass is 9.73. The summed E-state index contributed by atoms with van der Waals surface area (Å²) in [6.07, 6.45) is -0.0410. The summed E-state index contributed by atoms with van der Waals surface area (Å²) in [4.78, 5) is 48.5. The molecule has 0 bridgehead atoms. The van der Waals surface area contributed by atoms with E-state index < -0.39 is 108 Å². The lowest BCUT2D eigenvalue weighted by Crippen LogP contribution is -2.65. The maximum atomic E-state index is 15.2. The third-order valence-electron chi connectivity index (χ3n) is 17.4. The summed E-state index contributed by atoms with van der Waals surface area (Å²) < 4.78 is 52.5. The van der Waals surface area contributed by atoms with Gasteiger partial charge in [0.15, 0.2) is 18.2 Å². The average Bonchev–Trinajstić information content (AvgIpc) is 3.54. The summed E-state index contributed by atoms with van der Waals surface area (Å²) in [5, 5.41) is 24.3. The van der Waals surface area contributed by atoms with Crippen molar-refractivity contribution in [1.29, 1.82) is 0 Å². The van der Waals surface area contributed by atoms with Crippen LogP contribution in [0.2, 0.25) is 5.02 Å². The monoisotopic (exact) mass is 991 g/mol. The minimum atomic E-state index is -1.43. The SMILES string of the molecule is CC[C@H]1OC(=O)[C@H](C)[C@@H](O[C@H]2C[C@@](C)(OC)[C@@H](O)[C@H](C)O2)[C@H](C)[C@@H](O[C@@H]2O[C@H](C)C[C@H](N(C3CCC3)C3CCC3)[C@H]2O)[C@](C)(OC)C[C@@H](C)C(=O)[C@H](C)[C@H]2N(CCc3ccc(Cl)cc3)C(=O)O[C@]12C. The summed E-state index contributed by atoms with van der Waals surface area (Å²) in [7, 11) is 3.12. The van der Waals surface area contributed by atoms with Crippen molar-refractivity contribution in [2.24, 2.45) is 23.7 Å². The molecule has 1 aromatic carbocycles. The van der Waals surface area contributed by atoms with Gasteiger partial charge >= 0.3 is 12.1 Å². The zero-order valence-electron chi connectivity index (χ0n) is 43.3. The van der Waals surface area contributed by atoms with E-state index in [-0.39, 0.29) is 43.7 Å². The van der Waals surface area contributed by atoms with Crippen LogP contribution in [0, 0.1) is 23.7 Å². The summed E-state index contributed by atoms with van der Waals surface area (Å²) in [6, 6.07) is 7.19. The third-order valence-corrected chi connectivity index (χ3v) is 17.6. The second-order valence-electron chi connectivity index (χ2n) is 22.2. The van der Waals surface area contributed by atoms with E-state index in [1.54, 1.807) is 51.8 Å². The van der Waals surface area contributed by atoms with E-state index in [0.717, 1.165) is 31.2 Å². The first-order valence-corrected chi connectivity index (χ1v) is 26.3. The Morgan fingerprint density at radius 2 is 1.46 bits per heavy atom. The molecule has 0 aromatic heterocycles. The van der Waals surface area contributed by atoms with Crippen molar-refractivity contribution in [3.8, 4) is 0 Å².